The molecule has 1 aliphatic rings. The molecule has 1 amide bonds. The van der Waals surface area contributed by atoms with Gasteiger partial charge in [-0.25, -0.2) is 0 Å². The zero-order valence-electron chi connectivity index (χ0n) is 15.8. The van der Waals surface area contributed by atoms with Gasteiger partial charge in [0.2, 0.25) is 0 Å². The number of carbonyl (C=O) groups excluding carboxylic acids is 2. The molecule has 152 valence electrons. The molecule has 1 saturated heterocycles. The molecule has 31 heavy (non-hydrogen) atoms. The van der Waals surface area contributed by atoms with E-state index in [2.05, 4.69) is 4.98 Å². The number of hydrogen-bond donors (Lipinski definition) is 1. The van der Waals surface area contributed by atoms with Crippen LogP contribution in [0.4, 0.5) is 5.69 Å². The van der Waals surface area contributed by atoms with Crippen LogP contribution in [0.15, 0.2) is 72.4 Å². The van der Waals surface area contributed by atoms with Gasteiger partial charge in [0.1, 0.15) is 11.8 Å². The normalized spacial score (nSPS) is 17.6. The summed E-state index contributed by atoms with van der Waals surface area (Å²) in [5, 5.41) is 20.5. The van der Waals surface area contributed by atoms with Gasteiger partial charge in [-0.15, -0.1) is 0 Å². The smallest absolute Gasteiger partial charge is 0.300 e. The van der Waals surface area contributed by atoms with Crippen molar-refractivity contribution >= 4 is 46.3 Å². The Kier molecular flexibility index (Phi) is 5.47. The Labute approximate surface area is 187 Å². The summed E-state index contributed by atoms with van der Waals surface area (Å²) in [4.78, 5) is 31.6. The Hall–Kier alpha value is -3.66. The van der Waals surface area contributed by atoms with E-state index >= 15 is 0 Å². The summed E-state index contributed by atoms with van der Waals surface area (Å²) < 4.78 is 0. The zero-order chi connectivity index (χ0) is 22.1. The fraction of sp³-hybridized carbons (Fsp3) is 0.0435. The molecule has 0 radical (unpaired) electrons. The maximum atomic E-state index is 13.0. The highest BCUT2D eigenvalue weighted by molar-refractivity contribution is 6.51. The van der Waals surface area contributed by atoms with Crippen LogP contribution in [0.5, 0.6) is 0 Å². The van der Waals surface area contributed by atoms with Gasteiger partial charge in [0.25, 0.3) is 11.7 Å². The van der Waals surface area contributed by atoms with Crippen LogP contribution in [0.25, 0.3) is 5.76 Å². The van der Waals surface area contributed by atoms with Crippen molar-refractivity contribution in [1.82, 2.24) is 4.98 Å². The topological polar surface area (TPSA) is 94.3 Å². The van der Waals surface area contributed by atoms with E-state index in [9.17, 15) is 14.7 Å². The summed E-state index contributed by atoms with van der Waals surface area (Å²) in [6.07, 6.45) is 1.54. The molecule has 0 saturated carbocycles. The van der Waals surface area contributed by atoms with Gasteiger partial charge in [0.05, 0.1) is 32.9 Å². The summed E-state index contributed by atoms with van der Waals surface area (Å²) in [5.41, 5.74) is 1.32. The number of aliphatic hydroxyl groups excluding tert-OH is 1. The van der Waals surface area contributed by atoms with E-state index in [1.807, 2.05) is 6.07 Å². The highest BCUT2D eigenvalue weighted by atomic mass is 35.5. The summed E-state index contributed by atoms with van der Waals surface area (Å²) in [6, 6.07) is 16.8. The molecule has 1 fully saturated rings. The summed E-state index contributed by atoms with van der Waals surface area (Å²) in [5.74, 6) is -2.06. The lowest BCUT2D eigenvalue weighted by atomic mass is 9.98. The number of pyridine rings is 1. The quantitative estimate of drug-likeness (QED) is 0.349. The third kappa shape index (κ3) is 3.66. The largest absolute Gasteiger partial charge is 0.507 e. The molecule has 1 N–H and O–H groups in total. The molecular formula is C23H13Cl2N3O3. The maximum Gasteiger partial charge on any atom is 0.300 e. The summed E-state index contributed by atoms with van der Waals surface area (Å²) in [6.45, 7) is 0. The Morgan fingerprint density at radius 3 is 2.39 bits per heavy atom. The third-order valence-electron chi connectivity index (χ3n) is 4.88. The van der Waals surface area contributed by atoms with Crippen LogP contribution < -0.4 is 4.90 Å². The van der Waals surface area contributed by atoms with Crippen LogP contribution in [0, 0.1) is 11.3 Å². The first-order valence-electron chi connectivity index (χ1n) is 9.10. The number of nitrogens with zero attached hydrogens (tertiary/aromatic N) is 3. The van der Waals surface area contributed by atoms with Crippen molar-refractivity contribution in [3.63, 3.8) is 0 Å². The molecule has 1 unspecified atom stereocenters. The monoisotopic (exact) mass is 449 g/mol. The van der Waals surface area contributed by atoms with E-state index in [0.717, 1.165) is 0 Å². The second kappa shape index (κ2) is 8.23. The summed E-state index contributed by atoms with van der Waals surface area (Å²) >= 11 is 12.0. The van der Waals surface area contributed by atoms with E-state index < -0.39 is 17.7 Å². The van der Waals surface area contributed by atoms with E-state index in [4.69, 9.17) is 28.5 Å². The minimum Gasteiger partial charge on any atom is -0.507 e. The lowest BCUT2D eigenvalue weighted by molar-refractivity contribution is -0.132. The molecule has 3 aromatic rings. The van der Waals surface area contributed by atoms with Crippen molar-refractivity contribution in [2.45, 2.75) is 6.04 Å². The number of aliphatic hydroxyl groups is 1. The van der Waals surface area contributed by atoms with Crippen LogP contribution in [0.3, 0.4) is 0 Å². The number of Topliss-reactive ketones (excluding diaryl/α,β-unsaturated/α-hetero) is 1. The number of ketones is 1. The fourth-order valence-electron chi connectivity index (χ4n) is 3.41. The molecule has 1 aliphatic heterocycles. The molecule has 1 atom stereocenters. The second-order valence-electron chi connectivity index (χ2n) is 6.71. The second-order valence-corrected chi connectivity index (χ2v) is 7.53. The lowest BCUT2D eigenvalue weighted by Crippen LogP contribution is -2.29. The van der Waals surface area contributed by atoms with Gasteiger partial charge in [-0.2, -0.15) is 5.26 Å². The van der Waals surface area contributed by atoms with Crippen LogP contribution in [-0.4, -0.2) is 21.8 Å². The van der Waals surface area contributed by atoms with Gasteiger partial charge >= 0.3 is 0 Å². The minimum atomic E-state index is -0.969. The number of carbonyl (C=O) groups is 2. The standard InChI is InChI=1S/C23H13Cl2N3O3/c24-16-9-6-14(11-17(16)25)21(29)19-20(18-3-1-2-10-27-18)28(23(31)22(19)30)15-7-4-13(12-26)5-8-15/h1-11,20,29H/b21-19-. The summed E-state index contributed by atoms with van der Waals surface area (Å²) in [7, 11) is 0. The van der Waals surface area contributed by atoms with Gasteiger partial charge in [0, 0.05) is 17.4 Å². The minimum absolute atomic E-state index is 0.119. The van der Waals surface area contributed by atoms with Crippen molar-refractivity contribution in [3.05, 3.63) is 99.3 Å². The van der Waals surface area contributed by atoms with Crippen molar-refractivity contribution in [3.8, 4) is 6.07 Å². The van der Waals surface area contributed by atoms with Gasteiger partial charge < -0.3 is 5.11 Å². The first-order chi connectivity index (χ1) is 14.9. The van der Waals surface area contributed by atoms with Crippen LogP contribution in [-0.2, 0) is 9.59 Å². The number of hydrogen-bond acceptors (Lipinski definition) is 5. The van der Waals surface area contributed by atoms with E-state index in [0.29, 0.717) is 16.9 Å². The first-order valence-corrected chi connectivity index (χ1v) is 9.85. The van der Waals surface area contributed by atoms with Gasteiger partial charge in [-0.3, -0.25) is 19.5 Å². The van der Waals surface area contributed by atoms with E-state index in [1.165, 1.54) is 29.3 Å². The number of rotatable bonds is 3. The van der Waals surface area contributed by atoms with E-state index in [-0.39, 0.29) is 26.9 Å². The predicted octanol–water partition coefficient (Wildman–Crippen LogP) is 4.89. The van der Waals surface area contributed by atoms with Crippen molar-refractivity contribution in [2.75, 3.05) is 4.90 Å². The molecular weight excluding hydrogens is 437 g/mol. The molecule has 0 aliphatic carbocycles. The van der Waals surface area contributed by atoms with Gasteiger partial charge in [0.15, 0.2) is 0 Å². The van der Waals surface area contributed by atoms with Gasteiger partial charge in [-0.1, -0.05) is 29.3 Å². The number of halogens is 2. The van der Waals surface area contributed by atoms with Gasteiger partial charge in [-0.05, 0) is 54.6 Å². The lowest BCUT2D eigenvalue weighted by Gasteiger charge is -2.24. The molecule has 1 aromatic heterocycles. The first kappa shape index (κ1) is 20.6. The maximum absolute atomic E-state index is 13.0. The molecule has 2 aromatic carbocycles. The van der Waals surface area contributed by atoms with Crippen molar-refractivity contribution < 1.29 is 14.7 Å². The average molecular weight is 450 g/mol. The Bertz CT molecular complexity index is 1270. The zero-order valence-corrected chi connectivity index (χ0v) is 17.3. The van der Waals surface area contributed by atoms with Crippen molar-refractivity contribution in [1.29, 1.82) is 5.26 Å². The average Bonchev–Trinajstić information content (AvgIpc) is 3.06. The number of aromatic nitrogens is 1. The molecule has 0 bridgehead atoms. The van der Waals surface area contributed by atoms with E-state index in [1.54, 1.807) is 42.5 Å². The third-order valence-corrected chi connectivity index (χ3v) is 5.62. The van der Waals surface area contributed by atoms with Crippen LogP contribution in [0.1, 0.15) is 22.9 Å². The predicted molar refractivity (Wildman–Crippen MR) is 117 cm³/mol. The Morgan fingerprint density at radius 2 is 1.77 bits per heavy atom. The van der Waals surface area contributed by atoms with Crippen LogP contribution >= 0.6 is 23.2 Å². The Morgan fingerprint density at radius 1 is 1.03 bits per heavy atom. The molecule has 4 rings (SSSR count). The molecule has 8 heteroatoms. The SMILES string of the molecule is N#Cc1ccc(N2C(=O)C(=O)/C(=C(\O)c3ccc(Cl)c(Cl)c3)C2c2ccccn2)cc1. The van der Waals surface area contributed by atoms with Crippen LogP contribution in [0.2, 0.25) is 10.0 Å². The number of anilines is 1. The van der Waals surface area contributed by atoms with Crippen molar-refractivity contribution in [2.24, 2.45) is 0 Å². The highest BCUT2D eigenvalue weighted by Crippen LogP contribution is 2.41. The molecule has 0 spiro atoms. The fourth-order valence-corrected chi connectivity index (χ4v) is 3.71. The number of amides is 1. The highest BCUT2D eigenvalue weighted by Gasteiger charge is 2.47. The number of nitriles is 1. The number of benzene rings is 2. The molecule has 6 nitrogen and oxygen atoms in total. The molecule has 2 heterocycles. The Balaban J connectivity index is 1.93.